The van der Waals surface area contributed by atoms with Crippen molar-refractivity contribution >= 4 is 42.4 Å². The van der Waals surface area contributed by atoms with E-state index in [4.69, 9.17) is 18.6 Å². The van der Waals surface area contributed by atoms with Crippen LogP contribution in [0.1, 0.15) is 11.1 Å². The number of phenolic OH excluding ortho intramolecular Hbond substituents is 2. The molecule has 0 aromatic heterocycles. The summed E-state index contributed by atoms with van der Waals surface area (Å²) in [6, 6.07) is 21.4. The van der Waals surface area contributed by atoms with E-state index in [-0.39, 0.29) is 11.5 Å². The molecule has 0 amide bonds. The molecule has 3 aromatic carbocycles. The Morgan fingerprint density at radius 2 is 0.963 bits per heavy atom. The molecule has 0 atom stereocenters. The Morgan fingerprint density at radius 3 is 1.33 bits per heavy atom. The van der Waals surface area contributed by atoms with Crippen molar-refractivity contribution in [3.05, 3.63) is 83.9 Å². The van der Waals surface area contributed by atoms with Crippen LogP contribution in [0.5, 0.6) is 11.5 Å². The fourth-order valence-electron chi connectivity index (χ4n) is 2.15. The van der Waals surface area contributed by atoms with E-state index in [1.54, 1.807) is 48.8 Å². The van der Waals surface area contributed by atoms with Crippen molar-refractivity contribution in [2.45, 2.75) is 0 Å². The summed E-state index contributed by atoms with van der Waals surface area (Å²) in [4.78, 5) is 8.82. The number of hydrogen-bond acceptors (Lipinski definition) is 4. The van der Waals surface area contributed by atoms with Crippen LogP contribution in [0.2, 0.25) is 0 Å². The van der Waals surface area contributed by atoms with Gasteiger partial charge in [0.1, 0.15) is 11.5 Å². The van der Waals surface area contributed by atoms with Gasteiger partial charge in [-0.3, -0.25) is 9.98 Å². The van der Waals surface area contributed by atoms with Crippen LogP contribution >= 0.6 is 18.6 Å². The first kappa shape index (κ1) is 21.2. The average molecular weight is 435 g/mol. The molecule has 4 nitrogen and oxygen atoms in total. The molecule has 0 aliphatic carbocycles. The van der Waals surface area contributed by atoms with Gasteiger partial charge in [-0.2, -0.15) is 0 Å². The van der Waals surface area contributed by atoms with Gasteiger partial charge in [0.2, 0.25) is 0 Å². The van der Waals surface area contributed by atoms with Gasteiger partial charge in [0, 0.05) is 23.6 Å². The van der Waals surface area contributed by atoms with Crippen LogP contribution in [0.25, 0.3) is 0 Å². The van der Waals surface area contributed by atoms with E-state index in [0.717, 1.165) is 0 Å². The second kappa shape index (κ2) is 11.6. The first-order valence-corrected chi connectivity index (χ1v) is 12.1. The van der Waals surface area contributed by atoms with Crippen molar-refractivity contribution in [3.63, 3.8) is 0 Å². The summed E-state index contributed by atoms with van der Waals surface area (Å²) in [6.45, 7) is 0. The van der Waals surface area contributed by atoms with Gasteiger partial charge in [0.25, 0.3) is 0 Å². The topological polar surface area (TPSA) is 65.2 Å². The number of aromatic hydroxyl groups is 2. The molecule has 0 heterocycles. The molecule has 0 fully saturated rings. The minimum absolute atomic E-state index is 0.177. The Hall–Kier alpha value is -2.11. The molecule has 0 aliphatic heterocycles. The van der Waals surface area contributed by atoms with E-state index < -0.39 is 17.0 Å². The number of phenols is 2. The predicted molar refractivity (Wildman–Crippen MR) is 109 cm³/mol. The zero-order valence-corrected chi connectivity index (χ0v) is 17.2. The van der Waals surface area contributed by atoms with Crippen LogP contribution in [0.3, 0.4) is 0 Å². The van der Waals surface area contributed by atoms with E-state index in [1.165, 1.54) is 0 Å². The third-order valence-corrected chi connectivity index (χ3v) is 3.44. The van der Waals surface area contributed by atoms with Crippen molar-refractivity contribution in [2.75, 3.05) is 0 Å². The first-order valence-electron chi connectivity index (χ1n) is 7.85. The van der Waals surface area contributed by atoms with E-state index >= 15 is 0 Å². The van der Waals surface area contributed by atoms with Crippen LogP contribution in [-0.2, 0) is 17.0 Å². The number of halogens is 2. The van der Waals surface area contributed by atoms with E-state index in [2.05, 4.69) is 9.98 Å². The summed E-state index contributed by atoms with van der Waals surface area (Å²) in [7, 11) is 9.78. The summed E-state index contributed by atoms with van der Waals surface area (Å²) in [6.07, 6.45) is 3.20. The van der Waals surface area contributed by atoms with Crippen LogP contribution in [-0.4, -0.2) is 22.6 Å². The molecule has 0 bridgehead atoms. The number of para-hydroxylation sites is 4. The normalized spacial score (nSPS) is 10.6. The number of nitrogens with zero attached hydrogens (tertiary/aromatic N) is 2. The van der Waals surface area contributed by atoms with Gasteiger partial charge in [0.05, 0.1) is 11.4 Å². The molecular weight excluding hydrogens is 419 g/mol. The van der Waals surface area contributed by atoms with Gasteiger partial charge >= 0.3 is 35.6 Å². The number of rotatable bonds is 4. The standard InChI is InChI=1S/C20H16N2O2.2ClH.Ti/c23-19-11-5-1-7-15(19)13-21-17-9-3-4-10-18(17)22-14-16-8-2-6-12-20(16)24;;;/h1-14,23-24H;2*1H;/q;;;+2/p-2. The Bertz CT molecular complexity index is 859. The van der Waals surface area contributed by atoms with E-state index in [9.17, 15) is 10.2 Å². The van der Waals surface area contributed by atoms with Crippen LogP contribution in [0, 0.1) is 0 Å². The second-order valence-electron chi connectivity index (χ2n) is 5.19. The Balaban J connectivity index is 0.000000817. The third kappa shape index (κ3) is 6.85. The number of hydrogen-bond donors (Lipinski definition) is 2. The number of benzene rings is 3. The second-order valence-corrected chi connectivity index (χ2v) is 7.77. The molecule has 3 aromatic rings. The van der Waals surface area contributed by atoms with E-state index in [1.807, 2.05) is 36.4 Å². The molecule has 3 rings (SSSR count). The van der Waals surface area contributed by atoms with Crippen molar-refractivity contribution in [3.8, 4) is 11.5 Å². The molecule has 0 aliphatic rings. The van der Waals surface area contributed by atoms with Crippen LogP contribution in [0.15, 0.2) is 82.8 Å². The molecule has 0 unspecified atom stereocenters. The summed E-state index contributed by atoms with van der Waals surface area (Å²) in [5.74, 6) is 0.355. The number of aliphatic imine (C=N–C) groups is 2. The predicted octanol–water partition coefficient (Wildman–Crippen LogP) is 5.98. The molecular formula is C20H16Cl2N2O2Ti. The van der Waals surface area contributed by atoms with Gasteiger partial charge in [0.15, 0.2) is 0 Å². The molecule has 0 spiro atoms. The summed E-state index contributed by atoms with van der Waals surface area (Å²) < 4.78 is 0. The molecule has 2 N–H and O–H groups in total. The third-order valence-electron chi connectivity index (χ3n) is 3.44. The van der Waals surface area contributed by atoms with Crippen molar-refractivity contribution in [2.24, 2.45) is 9.98 Å². The van der Waals surface area contributed by atoms with Gasteiger partial charge in [-0.05, 0) is 36.4 Å². The molecule has 7 heteroatoms. The SMILES string of the molecule is Oc1ccccc1C=Nc1ccccc1N=Cc1ccccc1O.[Cl][Ti][Cl]. The Labute approximate surface area is 174 Å². The van der Waals surface area contributed by atoms with E-state index in [0.29, 0.717) is 22.5 Å². The zero-order chi connectivity index (χ0) is 19.5. The molecule has 0 saturated heterocycles. The van der Waals surface area contributed by atoms with Crippen LogP contribution < -0.4 is 0 Å². The first-order chi connectivity index (χ1) is 13.2. The molecule has 0 radical (unpaired) electrons. The van der Waals surface area contributed by atoms with Crippen molar-refractivity contribution < 1.29 is 27.2 Å². The Morgan fingerprint density at radius 1 is 0.630 bits per heavy atom. The zero-order valence-electron chi connectivity index (χ0n) is 14.1. The molecule has 0 saturated carbocycles. The molecule has 136 valence electrons. The maximum absolute atomic E-state index is 9.79. The summed E-state index contributed by atoms with van der Waals surface area (Å²) in [5, 5.41) is 19.6. The van der Waals surface area contributed by atoms with Gasteiger partial charge < -0.3 is 10.2 Å². The average Bonchev–Trinajstić information content (AvgIpc) is 2.68. The van der Waals surface area contributed by atoms with Crippen molar-refractivity contribution in [1.29, 1.82) is 0 Å². The summed E-state index contributed by atoms with van der Waals surface area (Å²) in [5.41, 5.74) is 2.62. The monoisotopic (exact) mass is 434 g/mol. The quantitative estimate of drug-likeness (QED) is 0.392. The van der Waals surface area contributed by atoms with Crippen LogP contribution in [0.4, 0.5) is 11.4 Å². The summed E-state index contributed by atoms with van der Waals surface area (Å²) >= 11 is -0.556. The van der Waals surface area contributed by atoms with Gasteiger partial charge in [-0.25, -0.2) is 0 Å². The fourth-order valence-corrected chi connectivity index (χ4v) is 2.15. The van der Waals surface area contributed by atoms with Crippen molar-refractivity contribution in [1.82, 2.24) is 0 Å². The fraction of sp³-hybridized carbons (Fsp3) is 0. The Kier molecular flexibility index (Phi) is 9.09. The molecule has 27 heavy (non-hydrogen) atoms. The maximum atomic E-state index is 9.79. The van der Waals surface area contributed by atoms with Gasteiger partial charge in [-0.1, -0.05) is 36.4 Å². The minimum atomic E-state index is -0.556. The van der Waals surface area contributed by atoms with Gasteiger partial charge in [-0.15, -0.1) is 0 Å².